The van der Waals surface area contributed by atoms with Crippen molar-refractivity contribution in [3.8, 4) is 0 Å². The third-order valence-corrected chi connectivity index (χ3v) is 3.14. The second-order valence-corrected chi connectivity index (χ2v) is 4.62. The number of nitrogens with two attached hydrogens (primary N) is 2. The zero-order chi connectivity index (χ0) is 12.3. The molecule has 0 atom stereocenters. The van der Waals surface area contributed by atoms with Crippen molar-refractivity contribution >= 4 is 22.1 Å². The normalized spacial score (nSPS) is 10.9. The van der Waals surface area contributed by atoms with Gasteiger partial charge in [0, 0.05) is 16.8 Å². The lowest BCUT2D eigenvalue weighted by Gasteiger charge is -2.07. The minimum absolute atomic E-state index is 0.794. The second-order valence-electron chi connectivity index (χ2n) is 4.62. The molecule has 0 aliphatic rings. The first-order valence-electron chi connectivity index (χ1n) is 6.28. The first kappa shape index (κ1) is 11.8. The lowest BCUT2D eigenvalue weighted by Crippen LogP contribution is -1.93. The molecule has 0 aromatic heterocycles. The molecule has 4 N–H and O–H groups in total. The smallest absolute Gasteiger partial charge is 0.0396 e. The summed E-state index contributed by atoms with van der Waals surface area (Å²) in [5.74, 6) is 0. The van der Waals surface area contributed by atoms with Crippen LogP contribution in [0.15, 0.2) is 30.3 Å². The van der Waals surface area contributed by atoms with Gasteiger partial charge >= 0.3 is 0 Å². The summed E-state index contributed by atoms with van der Waals surface area (Å²) in [4.78, 5) is 0. The van der Waals surface area contributed by atoms with Crippen molar-refractivity contribution in [3.05, 3.63) is 35.9 Å². The Hall–Kier alpha value is -1.70. The summed E-state index contributed by atoms with van der Waals surface area (Å²) >= 11 is 0. The number of anilines is 2. The molecule has 0 spiro atoms. The average Bonchev–Trinajstić information content (AvgIpc) is 2.28. The predicted molar refractivity (Wildman–Crippen MR) is 76.0 cm³/mol. The first-order valence-corrected chi connectivity index (χ1v) is 6.28. The molecular weight excluding hydrogens is 208 g/mol. The third kappa shape index (κ3) is 2.70. The quantitative estimate of drug-likeness (QED) is 0.618. The van der Waals surface area contributed by atoms with Gasteiger partial charge in [-0.2, -0.15) is 0 Å². The maximum atomic E-state index is 6.07. The van der Waals surface area contributed by atoms with E-state index in [1.54, 1.807) is 0 Å². The number of aryl methyl sites for hydroxylation is 1. The van der Waals surface area contributed by atoms with E-state index in [0.29, 0.717) is 0 Å². The summed E-state index contributed by atoms with van der Waals surface area (Å²) in [6.07, 6.45) is 4.84. The van der Waals surface area contributed by atoms with Crippen LogP contribution in [0.3, 0.4) is 0 Å². The van der Waals surface area contributed by atoms with E-state index in [1.165, 1.54) is 24.8 Å². The molecular formula is C15H20N2. The highest BCUT2D eigenvalue weighted by Gasteiger charge is 2.02. The van der Waals surface area contributed by atoms with Gasteiger partial charge in [-0.1, -0.05) is 31.9 Å². The van der Waals surface area contributed by atoms with Crippen molar-refractivity contribution in [2.24, 2.45) is 0 Å². The number of hydrogen-bond acceptors (Lipinski definition) is 2. The van der Waals surface area contributed by atoms with Crippen LogP contribution in [-0.4, -0.2) is 0 Å². The third-order valence-electron chi connectivity index (χ3n) is 3.14. The maximum Gasteiger partial charge on any atom is 0.0396 e. The largest absolute Gasteiger partial charge is 0.399 e. The van der Waals surface area contributed by atoms with Gasteiger partial charge in [-0.25, -0.2) is 0 Å². The molecule has 2 heteroatoms. The predicted octanol–water partition coefficient (Wildman–Crippen LogP) is 3.74. The average molecular weight is 228 g/mol. The van der Waals surface area contributed by atoms with Crippen LogP contribution in [0.25, 0.3) is 10.8 Å². The fraction of sp³-hybridized carbons (Fsp3) is 0.333. The van der Waals surface area contributed by atoms with Crippen LogP contribution in [0.2, 0.25) is 0 Å². The van der Waals surface area contributed by atoms with E-state index in [1.807, 2.05) is 18.2 Å². The fourth-order valence-corrected chi connectivity index (χ4v) is 2.21. The number of nitrogen functional groups attached to an aromatic ring is 2. The van der Waals surface area contributed by atoms with Crippen molar-refractivity contribution in [1.29, 1.82) is 0 Å². The molecule has 17 heavy (non-hydrogen) atoms. The monoisotopic (exact) mass is 228 g/mol. The van der Waals surface area contributed by atoms with Crippen molar-refractivity contribution in [2.45, 2.75) is 32.6 Å². The zero-order valence-electron chi connectivity index (χ0n) is 10.4. The molecule has 2 rings (SSSR count). The van der Waals surface area contributed by atoms with E-state index in [-0.39, 0.29) is 0 Å². The summed E-state index contributed by atoms with van der Waals surface area (Å²) in [6.45, 7) is 2.22. The van der Waals surface area contributed by atoms with Gasteiger partial charge in [-0.3, -0.25) is 0 Å². The van der Waals surface area contributed by atoms with Gasteiger partial charge in [0.1, 0.15) is 0 Å². The SMILES string of the molecule is CCCCCc1cc(N)c2ccc(N)cc2c1. The molecule has 0 unspecified atom stereocenters. The van der Waals surface area contributed by atoms with Crippen LogP contribution < -0.4 is 11.5 Å². The van der Waals surface area contributed by atoms with E-state index in [0.717, 1.165) is 28.6 Å². The van der Waals surface area contributed by atoms with Gasteiger partial charge in [0.05, 0.1) is 0 Å². The Kier molecular flexibility index (Phi) is 3.52. The van der Waals surface area contributed by atoms with Crippen LogP contribution in [0, 0.1) is 0 Å². The van der Waals surface area contributed by atoms with E-state index in [2.05, 4.69) is 19.1 Å². The van der Waals surface area contributed by atoms with E-state index in [9.17, 15) is 0 Å². The molecule has 0 heterocycles. The Labute approximate surface area is 103 Å². The lowest BCUT2D eigenvalue weighted by molar-refractivity contribution is 0.718. The Balaban J connectivity index is 2.33. The Bertz CT molecular complexity index is 518. The summed E-state index contributed by atoms with van der Waals surface area (Å²) < 4.78 is 0. The van der Waals surface area contributed by atoms with Crippen molar-refractivity contribution < 1.29 is 0 Å². The summed E-state index contributed by atoms with van der Waals surface area (Å²) in [5, 5.41) is 2.25. The lowest BCUT2D eigenvalue weighted by atomic mass is 10.0. The summed E-state index contributed by atoms with van der Waals surface area (Å²) in [6, 6.07) is 10.2. The Morgan fingerprint density at radius 3 is 2.59 bits per heavy atom. The molecule has 0 aliphatic heterocycles. The van der Waals surface area contributed by atoms with Crippen LogP contribution >= 0.6 is 0 Å². The minimum Gasteiger partial charge on any atom is -0.399 e. The molecule has 0 amide bonds. The molecule has 0 bridgehead atoms. The molecule has 2 nitrogen and oxygen atoms in total. The minimum atomic E-state index is 0.794. The van der Waals surface area contributed by atoms with Crippen molar-refractivity contribution in [3.63, 3.8) is 0 Å². The van der Waals surface area contributed by atoms with E-state index >= 15 is 0 Å². The van der Waals surface area contributed by atoms with Crippen LogP contribution in [-0.2, 0) is 6.42 Å². The highest BCUT2D eigenvalue weighted by molar-refractivity contribution is 5.95. The van der Waals surface area contributed by atoms with E-state index in [4.69, 9.17) is 11.5 Å². The summed E-state index contributed by atoms with van der Waals surface area (Å²) in [7, 11) is 0. The molecule has 2 aromatic rings. The topological polar surface area (TPSA) is 52.0 Å². The van der Waals surface area contributed by atoms with Crippen molar-refractivity contribution in [2.75, 3.05) is 11.5 Å². The first-order chi connectivity index (χ1) is 8.20. The highest BCUT2D eigenvalue weighted by Crippen LogP contribution is 2.26. The van der Waals surface area contributed by atoms with Gasteiger partial charge in [0.2, 0.25) is 0 Å². The number of rotatable bonds is 4. The number of benzene rings is 2. The maximum absolute atomic E-state index is 6.07. The van der Waals surface area contributed by atoms with Crippen LogP contribution in [0.1, 0.15) is 31.7 Å². The molecule has 0 aliphatic carbocycles. The Morgan fingerprint density at radius 1 is 1.00 bits per heavy atom. The molecule has 0 radical (unpaired) electrons. The molecule has 0 saturated heterocycles. The van der Waals surface area contributed by atoms with Gasteiger partial charge in [-0.05, 0) is 42.0 Å². The standard InChI is InChI=1S/C15H20N2/c1-2-3-4-5-11-8-12-10-13(16)6-7-14(12)15(17)9-11/h6-10H,2-5,16-17H2,1H3. The number of hydrogen-bond donors (Lipinski definition) is 2. The van der Waals surface area contributed by atoms with Gasteiger partial charge in [0.15, 0.2) is 0 Å². The number of fused-ring (bicyclic) bond motifs is 1. The molecule has 2 aromatic carbocycles. The molecule has 0 fully saturated rings. The zero-order valence-corrected chi connectivity index (χ0v) is 10.4. The Morgan fingerprint density at radius 2 is 1.82 bits per heavy atom. The fourth-order valence-electron chi connectivity index (χ4n) is 2.21. The molecule has 90 valence electrons. The number of unbranched alkanes of at least 4 members (excludes halogenated alkanes) is 2. The molecule has 0 saturated carbocycles. The van der Waals surface area contributed by atoms with Gasteiger partial charge < -0.3 is 11.5 Å². The van der Waals surface area contributed by atoms with Gasteiger partial charge in [-0.15, -0.1) is 0 Å². The van der Waals surface area contributed by atoms with Crippen LogP contribution in [0.5, 0.6) is 0 Å². The van der Waals surface area contributed by atoms with Crippen LogP contribution in [0.4, 0.5) is 11.4 Å². The van der Waals surface area contributed by atoms with Crippen molar-refractivity contribution in [1.82, 2.24) is 0 Å². The highest BCUT2D eigenvalue weighted by atomic mass is 14.6. The summed E-state index contributed by atoms with van der Waals surface area (Å²) in [5.41, 5.74) is 14.8. The van der Waals surface area contributed by atoms with Gasteiger partial charge in [0.25, 0.3) is 0 Å². The second kappa shape index (κ2) is 5.09. The van der Waals surface area contributed by atoms with E-state index < -0.39 is 0 Å².